The summed E-state index contributed by atoms with van der Waals surface area (Å²) in [7, 11) is 0. The lowest BCUT2D eigenvalue weighted by Crippen LogP contribution is -2.18. The van der Waals surface area contributed by atoms with E-state index in [-0.39, 0.29) is 21.7 Å². The fraction of sp³-hybridized carbons (Fsp3) is 0.240. The van der Waals surface area contributed by atoms with Gasteiger partial charge in [-0.3, -0.25) is 9.59 Å². The molecule has 0 saturated heterocycles. The van der Waals surface area contributed by atoms with Crippen LogP contribution in [0.3, 0.4) is 0 Å². The molecule has 0 amide bonds. The minimum atomic E-state index is -0.251. The second kappa shape index (κ2) is 10.5. The van der Waals surface area contributed by atoms with Crippen molar-refractivity contribution in [3.8, 4) is 33.4 Å². The molecule has 2 heterocycles. The van der Waals surface area contributed by atoms with Gasteiger partial charge < -0.3 is 4.40 Å². The molecule has 6 aromatic carbocycles. The first-order valence-electron chi connectivity index (χ1n) is 19.4. The highest BCUT2D eigenvalue weighted by Crippen LogP contribution is 2.53. The van der Waals surface area contributed by atoms with Crippen LogP contribution in [-0.4, -0.2) is 4.40 Å². The Morgan fingerprint density at radius 2 is 1.00 bits per heavy atom. The molecule has 1 fully saturated rings. The zero-order valence-electron chi connectivity index (χ0n) is 30.8. The Kier molecular flexibility index (Phi) is 6.17. The molecule has 3 aliphatic rings. The molecule has 1 saturated carbocycles. The quantitative estimate of drug-likeness (QED) is 0.134. The monoisotopic (exact) mass is 687 g/mol. The van der Waals surface area contributed by atoms with Crippen molar-refractivity contribution in [2.75, 3.05) is 0 Å². The second-order valence-corrected chi connectivity index (χ2v) is 16.9. The van der Waals surface area contributed by atoms with Gasteiger partial charge in [0.15, 0.2) is 10.9 Å². The maximum absolute atomic E-state index is 15.4. The van der Waals surface area contributed by atoms with Crippen LogP contribution >= 0.6 is 0 Å². The van der Waals surface area contributed by atoms with Crippen molar-refractivity contribution < 1.29 is 0 Å². The minimum Gasteiger partial charge on any atom is -0.307 e. The van der Waals surface area contributed by atoms with Gasteiger partial charge in [-0.1, -0.05) is 132 Å². The van der Waals surface area contributed by atoms with Crippen molar-refractivity contribution in [3.63, 3.8) is 0 Å². The molecule has 0 spiro atoms. The zero-order valence-corrected chi connectivity index (χ0v) is 30.8. The summed E-state index contributed by atoms with van der Waals surface area (Å²) in [5.74, 6) is 0.473. The van der Waals surface area contributed by atoms with Crippen molar-refractivity contribution in [1.82, 2.24) is 4.40 Å². The van der Waals surface area contributed by atoms with E-state index >= 15 is 9.59 Å². The van der Waals surface area contributed by atoms with Crippen molar-refractivity contribution in [2.45, 2.75) is 76.5 Å². The van der Waals surface area contributed by atoms with Gasteiger partial charge in [-0.25, -0.2) is 0 Å². The number of benzene rings is 6. The van der Waals surface area contributed by atoms with Crippen molar-refractivity contribution in [1.29, 1.82) is 0 Å². The van der Waals surface area contributed by atoms with Gasteiger partial charge >= 0.3 is 0 Å². The summed E-state index contributed by atoms with van der Waals surface area (Å²) in [6, 6.07) is 38.8. The Balaban J connectivity index is 1.36. The lowest BCUT2D eigenvalue weighted by Gasteiger charge is -2.25. The summed E-state index contributed by atoms with van der Waals surface area (Å²) in [6.45, 7) is 9.06. The SMILES string of the molecule is CC1(C)c2ccccc2-c2c1ccc1c2c(=O)c2cc(-c3ccccc3C3CCCCC3)cc3c(=O)c4c5c(ccc4n1c23)C(C)(C)c1ccccc1-5. The van der Waals surface area contributed by atoms with E-state index in [4.69, 9.17) is 0 Å². The van der Waals surface area contributed by atoms with Gasteiger partial charge in [-0.2, -0.15) is 0 Å². The second-order valence-electron chi connectivity index (χ2n) is 16.9. The zero-order chi connectivity index (χ0) is 36.0. The Bertz CT molecular complexity index is 2860. The van der Waals surface area contributed by atoms with Crippen LogP contribution in [0.15, 0.2) is 119 Å². The van der Waals surface area contributed by atoms with Gasteiger partial charge in [0.2, 0.25) is 0 Å². The summed E-state index contributed by atoms with van der Waals surface area (Å²) in [5, 5.41) is 2.69. The standard InChI is InChI=1S/C50H41NO2/c1-49(2)36-20-12-10-18-32(36)42-38(49)22-24-40-44(42)47(52)34-26-29(31-17-9-8-16-30(31)28-14-6-5-7-15-28)27-35-46(34)51(40)41-25-23-39-43(45(41)48(35)53)33-19-11-13-21-37(33)50(39,3)4/h8-13,16-28H,5-7,14-15H2,1-4H3. The molecule has 3 aliphatic carbocycles. The molecule has 0 bridgehead atoms. The van der Waals surface area contributed by atoms with Gasteiger partial charge in [0.05, 0.1) is 27.3 Å². The van der Waals surface area contributed by atoms with Gasteiger partial charge in [0.25, 0.3) is 0 Å². The molecule has 0 N–H and O–H groups in total. The van der Waals surface area contributed by atoms with E-state index in [1.165, 1.54) is 59.9 Å². The van der Waals surface area contributed by atoms with Crippen LogP contribution < -0.4 is 10.9 Å². The first-order valence-corrected chi connectivity index (χ1v) is 19.4. The van der Waals surface area contributed by atoms with Crippen LogP contribution in [0, 0.1) is 0 Å². The molecular formula is C50H41NO2. The van der Waals surface area contributed by atoms with E-state index in [1.807, 2.05) is 0 Å². The van der Waals surface area contributed by atoms with Gasteiger partial charge in [-0.15, -0.1) is 0 Å². The molecule has 0 radical (unpaired) electrons. The summed E-state index contributed by atoms with van der Waals surface area (Å²) >= 11 is 0. The largest absolute Gasteiger partial charge is 0.307 e. The lowest BCUT2D eigenvalue weighted by molar-refractivity contribution is 0.444. The lowest BCUT2D eigenvalue weighted by atomic mass is 9.80. The maximum atomic E-state index is 15.4. The van der Waals surface area contributed by atoms with E-state index in [0.717, 1.165) is 60.7 Å². The number of aromatic nitrogens is 1. The summed E-state index contributed by atoms with van der Waals surface area (Å²) in [6.07, 6.45) is 6.10. The molecule has 0 aliphatic heterocycles. The molecular weight excluding hydrogens is 647 g/mol. The first-order chi connectivity index (χ1) is 25.7. The first kappa shape index (κ1) is 31.0. The van der Waals surface area contributed by atoms with E-state index in [2.05, 4.69) is 141 Å². The molecule has 258 valence electrons. The normalized spacial score (nSPS) is 17.1. The number of fused-ring (bicyclic) bond motifs is 12. The minimum absolute atomic E-state index is 0.00209. The molecule has 2 aromatic heterocycles. The number of nitrogens with zero attached hydrogens (tertiary/aromatic N) is 1. The van der Waals surface area contributed by atoms with E-state index in [9.17, 15) is 0 Å². The van der Waals surface area contributed by atoms with E-state index < -0.39 is 0 Å². The van der Waals surface area contributed by atoms with Crippen molar-refractivity contribution in [3.05, 3.63) is 157 Å². The Morgan fingerprint density at radius 1 is 0.528 bits per heavy atom. The third kappa shape index (κ3) is 3.90. The molecule has 53 heavy (non-hydrogen) atoms. The highest BCUT2D eigenvalue weighted by Gasteiger charge is 2.39. The van der Waals surface area contributed by atoms with Crippen LogP contribution in [0.25, 0.3) is 71.5 Å². The predicted octanol–water partition coefficient (Wildman–Crippen LogP) is 11.9. The highest BCUT2D eigenvalue weighted by molar-refractivity contribution is 6.15. The fourth-order valence-corrected chi connectivity index (χ4v) is 10.9. The Hall–Kier alpha value is -5.54. The Morgan fingerprint density at radius 3 is 1.53 bits per heavy atom. The van der Waals surface area contributed by atoms with Gasteiger partial charge in [0, 0.05) is 21.6 Å². The van der Waals surface area contributed by atoms with Crippen LogP contribution in [0.1, 0.15) is 93.5 Å². The number of hydrogen-bond acceptors (Lipinski definition) is 2. The molecule has 0 atom stereocenters. The summed E-state index contributed by atoms with van der Waals surface area (Å²) in [4.78, 5) is 30.8. The van der Waals surface area contributed by atoms with Gasteiger partial charge in [0.1, 0.15) is 0 Å². The molecule has 11 rings (SSSR count). The van der Waals surface area contributed by atoms with Crippen LogP contribution in [-0.2, 0) is 10.8 Å². The van der Waals surface area contributed by atoms with Gasteiger partial charge in [-0.05, 0) is 104 Å². The highest BCUT2D eigenvalue weighted by atomic mass is 16.1. The average Bonchev–Trinajstić information content (AvgIpc) is 3.57. The molecule has 3 nitrogen and oxygen atoms in total. The topological polar surface area (TPSA) is 38.5 Å². The molecule has 3 heteroatoms. The Labute approximate surface area is 308 Å². The number of rotatable bonds is 2. The van der Waals surface area contributed by atoms with Crippen LogP contribution in [0.4, 0.5) is 0 Å². The van der Waals surface area contributed by atoms with Crippen molar-refractivity contribution >= 4 is 38.1 Å². The van der Waals surface area contributed by atoms with E-state index in [0.29, 0.717) is 16.7 Å². The third-order valence-electron chi connectivity index (χ3n) is 13.5. The van der Waals surface area contributed by atoms with Crippen LogP contribution in [0.2, 0.25) is 0 Å². The van der Waals surface area contributed by atoms with E-state index in [1.54, 1.807) is 0 Å². The average molecular weight is 688 g/mol. The third-order valence-corrected chi connectivity index (χ3v) is 13.5. The number of pyridine rings is 2. The smallest absolute Gasteiger partial charge is 0.197 e. The van der Waals surface area contributed by atoms with Crippen LogP contribution in [0.5, 0.6) is 0 Å². The summed E-state index contributed by atoms with van der Waals surface area (Å²) in [5.41, 5.74) is 14.5. The number of hydrogen-bond donors (Lipinski definition) is 0. The predicted molar refractivity (Wildman–Crippen MR) is 220 cm³/mol. The fourth-order valence-electron chi connectivity index (χ4n) is 10.9. The molecule has 8 aromatic rings. The summed E-state index contributed by atoms with van der Waals surface area (Å²) < 4.78 is 2.26. The maximum Gasteiger partial charge on any atom is 0.197 e. The van der Waals surface area contributed by atoms with Crippen molar-refractivity contribution in [2.24, 2.45) is 0 Å². The molecule has 0 unspecified atom stereocenters.